The van der Waals surface area contributed by atoms with E-state index >= 15 is 0 Å². The molecule has 0 aliphatic heterocycles. The molecule has 5 heteroatoms. The van der Waals surface area contributed by atoms with E-state index in [1.807, 2.05) is 0 Å². The number of halogens is 5. The van der Waals surface area contributed by atoms with Gasteiger partial charge in [-0.25, -0.2) is 4.39 Å². The summed E-state index contributed by atoms with van der Waals surface area (Å²) in [5.41, 5.74) is 0. The van der Waals surface area contributed by atoms with Crippen molar-refractivity contribution in [2.24, 2.45) is 0 Å². The fourth-order valence-electron chi connectivity index (χ4n) is 0.608. The Morgan fingerprint density at radius 3 is 2.00 bits per heavy atom. The van der Waals surface area contributed by atoms with Crippen molar-refractivity contribution in [1.29, 1.82) is 0 Å². The quantitative estimate of drug-likeness (QED) is 0.469. The van der Waals surface area contributed by atoms with E-state index in [-0.39, 0.29) is 0 Å². The third kappa shape index (κ3) is 1.95. The Hall–Kier alpha value is -0.610. The van der Waals surface area contributed by atoms with Gasteiger partial charge in [0.05, 0.1) is 0 Å². The average Bonchev–Trinajstić information content (AvgIpc) is 1.86. The van der Waals surface area contributed by atoms with Gasteiger partial charge in [-0.3, -0.25) is 0 Å². The molecule has 0 N–H and O–H groups in total. The molecule has 0 rings (SSSR count). The predicted octanol–water partition coefficient (Wildman–Crippen LogP) is 3.19. The number of hydrogen-bond acceptors (Lipinski definition) is 0. The van der Waals surface area contributed by atoms with Crippen LogP contribution in [0.15, 0.2) is 12.7 Å². The third-order valence-electron chi connectivity index (χ3n) is 1.39. The van der Waals surface area contributed by atoms with Crippen LogP contribution in [-0.4, -0.2) is 18.0 Å². The molecule has 0 saturated carbocycles. The first-order valence-corrected chi connectivity index (χ1v) is 3.26. The van der Waals surface area contributed by atoms with Gasteiger partial charge in [0, 0.05) is 6.42 Å². The molecule has 0 fully saturated rings. The van der Waals surface area contributed by atoms with E-state index in [4.69, 9.17) is 0 Å². The van der Waals surface area contributed by atoms with Crippen molar-refractivity contribution in [3.05, 3.63) is 12.7 Å². The Labute approximate surface area is 67.1 Å². The van der Waals surface area contributed by atoms with Crippen molar-refractivity contribution in [3.8, 4) is 0 Å². The fraction of sp³-hybridized carbons (Fsp3) is 0.714. The Morgan fingerprint density at radius 2 is 1.75 bits per heavy atom. The number of allylic oxidation sites excluding steroid dienone is 1. The highest BCUT2D eigenvalue weighted by Gasteiger charge is 2.59. The molecular formula is C7H9F5. The molecule has 0 heterocycles. The molecule has 0 radical (unpaired) electrons. The van der Waals surface area contributed by atoms with Gasteiger partial charge in [-0.2, -0.15) is 17.6 Å². The van der Waals surface area contributed by atoms with Crippen LogP contribution in [0.1, 0.15) is 13.3 Å². The molecule has 1 atom stereocenters. The lowest BCUT2D eigenvalue weighted by molar-refractivity contribution is -0.233. The minimum absolute atomic E-state index is 0.400. The maximum atomic E-state index is 12.4. The van der Waals surface area contributed by atoms with Crippen LogP contribution >= 0.6 is 0 Å². The standard InChI is InChI=1S/C7H9F5/c1-3-4-6(9,10)7(11,12)5(2)8/h3,5H,1,4H2,2H3. The summed E-state index contributed by atoms with van der Waals surface area (Å²) in [6.45, 7) is 3.28. The van der Waals surface area contributed by atoms with Crippen molar-refractivity contribution in [2.45, 2.75) is 31.4 Å². The van der Waals surface area contributed by atoms with Gasteiger partial charge in [0.25, 0.3) is 0 Å². The van der Waals surface area contributed by atoms with Crippen LogP contribution in [-0.2, 0) is 0 Å². The normalized spacial score (nSPS) is 15.8. The SMILES string of the molecule is C=CCC(F)(F)C(F)(F)C(C)F. The number of alkyl halides is 5. The monoisotopic (exact) mass is 188 g/mol. The van der Waals surface area contributed by atoms with E-state index in [1.54, 1.807) is 0 Å². The molecule has 0 nitrogen and oxygen atoms in total. The predicted molar refractivity (Wildman–Crippen MR) is 35.3 cm³/mol. The van der Waals surface area contributed by atoms with Crippen LogP contribution in [0, 0.1) is 0 Å². The van der Waals surface area contributed by atoms with Crippen molar-refractivity contribution >= 4 is 0 Å². The van der Waals surface area contributed by atoms with E-state index in [1.165, 1.54) is 0 Å². The molecule has 0 amide bonds. The van der Waals surface area contributed by atoms with Gasteiger partial charge in [-0.05, 0) is 6.92 Å². The number of hydrogen-bond donors (Lipinski definition) is 0. The highest BCUT2D eigenvalue weighted by molar-refractivity contribution is 4.93. The minimum Gasteiger partial charge on any atom is -0.241 e. The second-order valence-corrected chi connectivity index (χ2v) is 2.44. The maximum absolute atomic E-state index is 12.4. The first-order chi connectivity index (χ1) is 5.25. The maximum Gasteiger partial charge on any atom is 0.340 e. The lowest BCUT2D eigenvalue weighted by atomic mass is 10.1. The molecule has 0 aliphatic carbocycles. The molecule has 0 aliphatic rings. The van der Waals surface area contributed by atoms with E-state index < -0.39 is 24.4 Å². The van der Waals surface area contributed by atoms with E-state index in [9.17, 15) is 22.0 Å². The van der Waals surface area contributed by atoms with Crippen molar-refractivity contribution in [2.75, 3.05) is 0 Å². The topological polar surface area (TPSA) is 0 Å². The van der Waals surface area contributed by atoms with Gasteiger partial charge in [0.15, 0.2) is 6.17 Å². The van der Waals surface area contributed by atoms with Crippen LogP contribution in [0.4, 0.5) is 22.0 Å². The minimum atomic E-state index is -4.62. The zero-order chi connectivity index (χ0) is 9.99. The Kier molecular flexibility index (Phi) is 3.24. The Morgan fingerprint density at radius 1 is 1.33 bits per heavy atom. The van der Waals surface area contributed by atoms with E-state index in [0.717, 1.165) is 0 Å². The summed E-state index contributed by atoms with van der Waals surface area (Å²) >= 11 is 0. The molecule has 0 bridgehead atoms. The molecule has 0 aromatic carbocycles. The zero-order valence-corrected chi connectivity index (χ0v) is 6.46. The summed E-state index contributed by atoms with van der Waals surface area (Å²) in [6, 6.07) is 0. The van der Waals surface area contributed by atoms with Gasteiger partial charge < -0.3 is 0 Å². The second kappa shape index (κ2) is 3.41. The van der Waals surface area contributed by atoms with Crippen LogP contribution in [0.3, 0.4) is 0 Å². The largest absolute Gasteiger partial charge is 0.340 e. The molecule has 12 heavy (non-hydrogen) atoms. The zero-order valence-electron chi connectivity index (χ0n) is 6.46. The summed E-state index contributed by atoms with van der Waals surface area (Å²) in [5.74, 6) is -8.98. The Bertz CT molecular complexity index is 161. The molecule has 1 unspecified atom stereocenters. The summed E-state index contributed by atoms with van der Waals surface area (Å²) in [6.07, 6.45) is -3.46. The molecule has 0 aromatic heterocycles. The van der Waals surface area contributed by atoms with Gasteiger partial charge in [0.1, 0.15) is 0 Å². The second-order valence-electron chi connectivity index (χ2n) is 2.44. The number of rotatable bonds is 4. The fourth-order valence-corrected chi connectivity index (χ4v) is 0.608. The highest BCUT2D eigenvalue weighted by Crippen LogP contribution is 2.40. The summed E-state index contributed by atoms with van der Waals surface area (Å²) in [4.78, 5) is 0. The lowest BCUT2D eigenvalue weighted by Gasteiger charge is -2.26. The van der Waals surface area contributed by atoms with Crippen molar-refractivity contribution in [1.82, 2.24) is 0 Å². The summed E-state index contributed by atoms with van der Waals surface area (Å²) < 4.78 is 61.5. The third-order valence-corrected chi connectivity index (χ3v) is 1.39. The van der Waals surface area contributed by atoms with Gasteiger partial charge >= 0.3 is 11.8 Å². The average molecular weight is 188 g/mol. The van der Waals surface area contributed by atoms with E-state index in [0.29, 0.717) is 13.0 Å². The van der Waals surface area contributed by atoms with Gasteiger partial charge in [-0.15, -0.1) is 6.58 Å². The van der Waals surface area contributed by atoms with E-state index in [2.05, 4.69) is 6.58 Å². The van der Waals surface area contributed by atoms with Crippen molar-refractivity contribution < 1.29 is 22.0 Å². The first kappa shape index (κ1) is 11.4. The van der Waals surface area contributed by atoms with Crippen molar-refractivity contribution in [3.63, 3.8) is 0 Å². The van der Waals surface area contributed by atoms with Crippen LogP contribution in [0.5, 0.6) is 0 Å². The summed E-state index contributed by atoms with van der Waals surface area (Å²) in [5, 5.41) is 0. The molecular weight excluding hydrogens is 179 g/mol. The molecule has 0 saturated heterocycles. The van der Waals surface area contributed by atoms with Gasteiger partial charge in [0.2, 0.25) is 0 Å². The van der Waals surface area contributed by atoms with Crippen LogP contribution < -0.4 is 0 Å². The smallest absolute Gasteiger partial charge is 0.241 e. The summed E-state index contributed by atoms with van der Waals surface area (Å²) in [7, 11) is 0. The van der Waals surface area contributed by atoms with Crippen LogP contribution in [0.2, 0.25) is 0 Å². The Balaban J connectivity index is 4.61. The first-order valence-electron chi connectivity index (χ1n) is 3.26. The molecule has 0 spiro atoms. The molecule has 0 aromatic rings. The lowest BCUT2D eigenvalue weighted by Crippen LogP contribution is -2.46. The van der Waals surface area contributed by atoms with Gasteiger partial charge in [-0.1, -0.05) is 6.08 Å². The van der Waals surface area contributed by atoms with Crippen LogP contribution in [0.25, 0.3) is 0 Å². The molecule has 72 valence electrons. The highest BCUT2D eigenvalue weighted by atomic mass is 19.3.